The normalized spacial score (nSPS) is 12.4. The third-order valence-corrected chi connectivity index (χ3v) is 3.32. The first-order valence-corrected chi connectivity index (χ1v) is 7.54. The van der Waals surface area contributed by atoms with Crippen molar-refractivity contribution >= 4 is 17.8 Å². The minimum absolute atomic E-state index is 0.101. The van der Waals surface area contributed by atoms with E-state index in [1.54, 1.807) is 0 Å². The van der Waals surface area contributed by atoms with Gasteiger partial charge in [0.25, 0.3) is 0 Å². The van der Waals surface area contributed by atoms with Gasteiger partial charge in [0.2, 0.25) is 11.8 Å². The average molecular weight is 331 g/mol. The molecule has 2 N–H and O–H groups in total. The molecule has 1 aromatic carbocycles. The summed E-state index contributed by atoms with van der Waals surface area (Å²) in [5.41, 5.74) is 0.873. The molecule has 1 rings (SSSR count). The molecule has 0 radical (unpaired) electrons. The highest BCUT2D eigenvalue weighted by molar-refractivity contribution is 5.90. The van der Waals surface area contributed by atoms with Crippen LogP contribution in [0.25, 0.3) is 0 Å². The standard InChI is InChI=1S/C17H21N3O4/c1-12(21)19-15(11-13-7-4-3-5-8-13)16(22)20-14(9-6-10-18)17(23)24-2/h3-5,7-8,14-15H,6,9,11H2,1-2H3,(H,19,21)(H,20,22)/t14-,15-/m1/s1. The molecule has 2 atom stereocenters. The van der Waals surface area contributed by atoms with Gasteiger partial charge < -0.3 is 15.4 Å². The fraction of sp³-hybridized carbons (Fsp3) is 0.412. The van der Waals surface area contributed by atoms with E-state index in [4.69, 9.17) is 5.26 Å². The third-order valence-electron chi connectivity index (χ3n) is 3.32. The van der Waals surface area contributed by atoms with Gasteiger partial charge in [-0.1, -0.05) is 30.3 Å². The number of rotatable bonds is 8. The molecule has 0 aliphatic heterocycles. The van der Waals surface area contributed by atoms with Gasteiger partial charge in [-0.3, -0.25) is 9.59 Å². The maximum atomic E-state index is 12.5. The van der Waals surface area contributed by atoms with E-state index < -0.39 is 24.0 Å². The van der Waals surface area contributed by atoms with Crippen LogP contribution in [0.5, 0.6) is 0 Å². The van der Waals surface area contributed by atoms with Gasteiger partial charge in [0.15, 0.2) is 0 Å². The predicted molar refractivity (Wildman–Crippen MR) is 86.5 cm³/mol. The zero-order valence-corrected chi connectivity index (χ0v) is 13.7. The van der Waals surface area contributed by atoms with E-state index in [0.29, 0.717) is 6.42 Å². The number of esters is 1. The predicted octanol–water partition coefficient (Wildman–Crippen LogP) is 0.695. The van der Waals surface area contributed by atoms with Crippen LogP contribution in [0.4, 0.5) is 0 Å². The number of nitriles is 1. The summed E-state index contributed by atoms with van der Waals surface area (Å²) in [5, 5.41) is 13.8. The molecule has 0 heterocycles. The highest BCUT2D eigenvalue weighted by Gasteiger charge is 2.26. The summed E-state index contributed by atoms with van der Waals surface area (Å²) < 4.78 is 4.64. The molecule has 0 aromatic heterocycles. The highest BCUT2D eigenvalue weighted by atomic mass is 16.5. The van der Waals surface area contributed by atoms with Crippen LogP contribution in [0.2, 0.25) is 0 Å². The largest absolute Gasteiger partial charge is 0.467 e. The molecule has 2 amide bonds. The Morgan fingerprint density at radius 2 is 1.83 bits per heavy atom. The number of nitrogens with zero attached hydrogens (tertiary/aromatic N) is 1. The van der Waals surface area contributed by atoms with Gasteiger partial charge in [-0.15, -0.1) is 0 Å². The molecular formula is C17H21N3O4. The maximum Gasteiger partial charge on any atom is 0.328 e. The van der Waals surface area contributed by atoms with Crippen LogP contribution in [0.3, 0.4) is 0 Å². The van der Waals surface area contributed by atoms with Gasteiger partial charge >= 0.3 is 5.97 Å². The van der Waals surface area contributed by atoms with Crippen molar-refractivity contribution in [2.75, 3.05) is 7.11 Å². The first-order valence-electron chi connectivity index (χ1n) is 7.54. The number of benzene rings is 1. The van der Waals surface area contributed by atoms with Crippen molar-refractivity contribution in [3.63, 3.8) is 0 Å². The Morgan fingerprint density at radius 1 is 1.17 bits per heavy atom. The third kappa shape index (κ3) is 6.48. The van der Waals surface area contributed by atoms with E-state index in [1.165, 1.54) is 14.0 Å². The van der Waals surface area contributed by atoms with Crippen LogP contribution in [-0.4, -0.2) is 37.0 Å². The Bertz CT molecular complexity index is 610. The van der Waals surface area contributed by atoms with E-state index in [9.17, 15) is 14.4 Å². The van der Waals surface area contributed by atoms with Crippen molar-refractivity contribution in [1.29, 1.82) is 5.26 Å². The molecule has 0 spiro atoms. The van der Waals surface area contributed by atoms with Crippen molar-refractivity contribution in [2.24, 2.45) is 0 Å². The number of carbonyl (C=O) groups is 3. The van der Waals surface area contributed by atoms with E-state index in [-0.39, 0.29) is 18.7 Å². The minimum Gasteiger partial charge on any atom is -0.467 e. The first kappa shape index (κ1) is 19.2. The molecule has 7 nitrogen and oxygen atoms in total. The number of amides is 2. The summed E-state index contributed by atoms with van der Waals surface area (Å²) in [6.07, 6.45) is 0.537. The average Bonchev–Trinajstić information content (AvgIpc) is 2.57. The monoisotopic (exact) mass is 331 g/mol. The topological polar surface area (TPSA) is 108 Å². The van der Waals surface area contributed by atoms with Crippen LogP contribution in [0, 0.1) is 11.3 Å². The number of hydrogen-bond acceptors (Lipinski definition) is 5. The van der Waals surface area contributed by atoms with Gasteiger partial charge in [-0.25, -0.2) is 4.79 Å². The summed E-state index contributed by atoms with van der Waals surface area (Å²) in [6, 6.07) is 9.39. The summed E-state index contributed by atoms with van der Waals surface area (Å²) in [5.74, 6) is -1.47. The maximum absolute atomic E-state index is 12.5. The smallest absolute Gasteiger partial charge is 0.328 e. The summed E-state index contributed by atoms with van der Waals surface area (Å²) in [4.78, 5) is 35.6. The molecule has 7 heteroatoms. The number of ether oxygens (including phenoxy) is 1. The second kappa shape index (κ2) is 10.0. The van der Waals surface area contributed by atoms with Crippen molar-refractivity contribution in [3.8, 4) is 6.07 Å². The van der Waals surface area contributed by atoms with Crippen LogP contribution in [0.1, 0.15) is 25.3 Å². The molecule has 0 fully saturated rings. The summed E-state index contributed by atoms with van der Waals surface area (Å²) in [6.45, 7) is 1.32. The van der Waals surface area contributed by atoms with Crippen molar-refractivity contribution in [1.82, 2.24) is 10.6 Å². The van der Waals surface area contributed by atoms with Gasteiger partial charge in [0, 0.05) is 19.8 Å². The fourth-order valence-electron chi connectivity index (χ4n) is 2.18. The molecule has 0 saturated heterocycles. The van der Waals surface area contributed by atoms with Crippen LogP contribution >= 0.6 is 0 Å². The molecule has 0 bridgehead atoms. The number of hydrogen-bond donors (Lipinski definition) is 2. The SMILES string of the molecule is COC(=O)[C@@H](CCC#N)NC(=O)[C@@H](Cc1ccccc1)NC(C)=O. The lowest BCUT2D eigenvalue weighted by Gasteiger charge is -2.21. The zero-order chi connectivity index (χ0) is 17.9. The van der Waals surface area contributed by atoms with Crippen LogP contribution < -0.4 is 10.6 Å². The van der Waals surface area contributed by atoms with Crippen molar-refractivity contribution in [2.45, 2.75) is 38.3 Å². The van der Waals surface area contributed by atoms with Crippen LogP contribution in [0.15, 0.2) is 30.3 Å². The minimum atomic E-state index is -0.922. The zero-order valence-electron chi connectivity index (χ0n) is 13.7. The van der Waals surface area contributed by atoms with E-state index in [0.717, 1.165) is 5.56 Å². The lowest BCUT2D eigenvalue weighted by Crippen LogP contribution is -2.52. The molecule has 0 aliphatic rings. The quantitative estimate of drug-likeness (QED) is 0.682. The van der Waals surface area contributed by atoms with Gasteiger partial charge in [-0.2, -0.15) is 5.26 Å². The number of nitrogens with one attached hydrogen (secondary N) is 2. The summed E-state index contributed by atoms with van der Waals surface area (Å²) >= 11 is 0. The van der Waals surface area contributed by atoms with Gasteiger partial charge in [-0.05, 0) is 12.0 Å². The Hall–Kier alpha value is -2.88. The van der Waals surface area contributed by atoms with Crippen molar-refractivity contribution in [3.05, 3.63) is 35.9 Å². The highest BCUT2D eigenvalue weighted by Crippen LogP contribution is 2.06. The lowest BCUT2D eigenvalue weighted by molar-refractivity contribution is -0.145. The molecule has 0 saturated carbocycles. The molecule has 128 valence electrons. The Labute approximate surface area is 141 Å². The van der Waals surface area contributed by atoms with E-state index in [2.05, 4.69) is 15.4 Å². The molecule has 0 unspecified atom stereocenters. The Balaban J connectivity index is 2.83. The number of carbonyl (C=O) groups excluding carboxylic acids is 3. The molecule has 1 aromatic rings. The van der Waals surface area contributed by atoms with Gasteiger partial charge in [0.05, 0.1) is 13.2 Å². The second-order valence-corrected chi connectivity index (χ2v) is 5.22. The molecule has 24 heavy (non-hydrogen) atoms. The Morgan fingerprint density at radius 3 is 2.38 bits per heavy atom. The lowest BCUT2D eigenvalue weighted by atomic mass is 10.0. The second-order valence-electron chi connectivity index (χ2n) is 5.22. The van der Waals surface area contributed by atoms with Gasteiger partial charge in [0.1, 0.15) is 12.1 Å². The summed E-state index contributed by atoms with van der Waals surface area (Å²) in [7, 11) is 1.21. The molecule has 0 aliphatic carbocycles. The van der Waals surface area contributed by atoms with Crippen LogP contribution in [-0.2, 0) is 25.5 Å². The van der Waals surface area contributed by atoms with E-state index in [1.807, 2.05) is 36.4 Å². The molecular weight excluding hydrogens is 310 g/mol. The fourth-order valence-corrected chi connectivity index (χ4v) is 2.18. The first-order chi connectivity index (χ1) is 11.5. The van der Waals surface area contributed by atoms with E-state index >= 15 is 0 Å². The number of methoxy groups -OCH3 is 1. The van der Waals surface area contributed by atoms with Crippen molar-refractivity contribution < 1.29 is 19.1 Å². The Kier molecular flexibility index (Phi) is 7.99.